The molecule has 2 heterocycles. The van der Waals surface area contributed by atoms with E-state index in [-0.39, 0.29) is 73.1 Å². The van der Waals surface area contributed by atoms with Crippen molar-refractivity contribution in [3.63, 3.8) is 0 Å². The Kier molecular flexibility index (Phi) is 14.2. The lowest BCUT2D eigenvalue weighted by atomic mass is 9.46. The average molecular weight is 1060 g/mol. The smallest absolute Gasteiger partial charge is 0.303 e. The first-order valence-electron chi connectivity index (χ1n) is 27.7. The van der Waals surface area contributed by atoms with Gasteiger partial charge in [0.15, 0.2) is 23.5 Å². The highest BCUT2D eigenvalue weighted by molar-refractivity contribution is 6.01. The van der Waals surface area contributed by atoms with Crippen LogP contribution in [0.3, 0.4) is 0 Å². The normalized spacial score (nSPS) is 32.9. The summed E-state index contributed by atoms with van der Waals surface area (Å²) < 4.78 is 13.5. The summed E-state index contributed by atoms with van der Waals surface area (Å²) in [7, 11) is 0. The predicted octanol–water partition coefficient (Wildman–Crippen LogP) is 5.70. The number of aliphatic hydroxyl groups excluding tert-OH is 2. The van der Waals surface area contributed by atoms with E-state index < -0.39 is 83.6 Å². The van der Waals surface area contributed by atoms with Crippen LogP contribution in [-0.2, 0) is 56.0 Å². The van der Waals surface area contributed by atoms with Crippen molar-refractivity contribution in [1.29, 1.82) is 0 Å². The van der Waals surface area contributed by atoms with E-state index in [1.165, 1.54) is 0 Å². The van der Waals surface area contributed by atoms with E-state index in [0.717, 1.165) is 72.8 Å². The molecule has 6 aliphatic carbocycles. The molecule has 5 saturated carbocycles. The van der Waals surface area contributed by atoms with Gasteiger partial charge in [0, 0.05) is 58.7 Å². The molecule has 78 heavy (non-hydrogen) atoms. The Bertz CT molecular complexity index is 3070. The summed E-state index contributed by atoms with van der Waals surface area (Å²) in [6.45, 7) is 3.27. The van der Waals surface area contributed by atoms with Crippen LogP contribution in [0.2, 0.25) is 0 Å². The second-order valence-electron chi connectivity index (χ2n) is 23.9. The van der Waals surface area contributed by atoms with Crippen molar-refractivity contribution < 1.29 is 58.4 Å². The zero-order valence-corrected chi connectivity index (χ0v) is 44.1. The van der Waals surface area contributed by atoms with Crippen LogP contribution in [0.25, 0.3) is 0 Å². The SMILES string of the molecule is C[C@]12C=CC(=O)C=C1CC[C@@H]1[C@@H]2[C@@H](O)C[C@@]2(C)[C@H]1C[C@H]1O[C@@H](c3ccc(CC4CC5(C4)CC(NC(=O)[C@H](CCC(=O)O)NC(=O)CNC(=O)CCC(=O)N4Cc6ccccc6C#Cc6ccccc64)C5)cc3)O[C@]12C(=O)CO. The van der Waals surface area contributed by atoms with Crippen molar-refractivity contribution >= 4 is 46.9 Å². The molecule has 0 aromatic heterocycles. The molecule has 0 unspecified atom stereocenters. The number of aliphatic hydroxyl groups is 2. The number of ketones is 2. The molecule has 3 aromatic rings. The van der Waals surface area contributed by atoms with E-state index in [1.54, 1.807) is 17.1 Å². The number of ether oxygens (including phenoxy) is 2. The molecule has 6 N–H and O–H groups in total. The Morgan fingerprint density at radius 1 is 0.872 bits per heavy atom. The van der Waals surface area contributed by atoms with E-state index in [0.29, 0.717) is 30.0 Å². The number of hydrogen-bond donors (Lipinski definition) is 6. The van der Waals surface area contributed by atoms with Crippen LogP contribution in [0.4, 0.5) is 5.69 Å². The monoisotopic (exact) mass is 1060 g/mol. The fourth-order valence-corrected chi connectivity index (χ4v) is 15.6. The van der Waals surface area contributed by atoms with Crippen molar-refractivity contribution in [2.24, 2.45) is 39.9 Å². The zero-order valence-electron chi connectivity index (χ0n) is 44.1. The number of carboxylic acids is 1. The Morgan fingerprint density at radius 2 is 1.60 bits per heavy atom. The van der Waals surface area contributed by atoms with Crippen LogP contribution in [-0.4, -0.2) is 99.5 Å². The number of rotatable bonds is 16. The number of aliphatic carboxylic acids is 1. The Balaban J connectivity index is 0.635. The van der Waals surface area contributed by atoms with E-state index in [4.69, 9.17) is 9.47 Å². The van der Waals surface area contributed by atoms with E-state index in [9.17, 15) is 48.9 Å². The lowest BCUT2D eigenvalue weighted by Crippen LogP contribution is -2.63. The number of Topliss-reactive ketones (excluding diaryl/α,β-unsaturated/α-hetero) is 1. The van der Waals surface area contributed by atoms with Crippen molar-refractivity contribution in [2.75, 3.05) is 18.1 Å². The fraction of sp³-hybridized carbons (Fsp3) is 0.500. The molecule has 10 atom stereocenters. The minimum absolute atomic E-state index is 0.00234. The number of fused-ring (bicyclic) bond motifs is 9. The highest BCUT2D eigenvalue weighted by atomic mass is 16.7. The van der Waals surface area contributed by atoms with E-state index >= 15 is 0 Å². The molecule has 3 aromatic carbocycles. The summed E-state index contributed by atoms with van der Waals surface area (Å²) in [5.74, 6) is 3.21. The maximum atomic E-state index is 14.0. The quantitative estimate of drug-likeness (QED) is 0.0949. The maximum Gasteiger partial charge on any atom is 0.303 e. The van der Waals surface area contributed by atoms with Crippen LogP contribution in [0, 0.1) is 51.8 Å². The third-order valence-electron chi connectivity index (χ3n) is 19.2. The average Bonchev–Trinajstić information content (AvgIpc) is 2.76. The minimum Gasteiger partial charge on any atom is -0.481 e. The van der Waals surface area contributed by atoms with E-state index in [1.807, 2.05) is 73.7 Å². The molecule has 2 aliphatic heterocycles. The first-order valence-corrected chi connectivity index (χ1v) is 27.7. The van der Waals surface area contributed by atoms with Gasteiger partial charge in [0.05, 0.1) is 31.0 Å². The molecular formula is C62H68N4O12. The summed E-state index contributed by atoms with van der Waals surface area (Å²) in [5, 5.41) is 40.0. The van der Waals surface area contributed by atoms with Gasteiger partial charge in [-0.05, 0) is 129 Å². The number of anilines is 1. The van der Waals surface area contributed by atoms with Gasteiger partial charge in [0.25, 0.3) is 0 Å². The van der Waals surface area contributed by atoms with Crippen LogP contribution in [0.5, 0.6) is 0 Å². The van der Waals surface area contributed by atoms with E-state index in [2.05, 4.69) is 46.8 Å². The number of nitrogens with zero attached hydrogens (tertiary/aromatic N) is 1. The summed E-state index contributed by atoms with van der Waals surface area (Å²) in [4.78, 5) is 92.6. The first-order chi connectivity index (χ1) is 37.4. The van der Waals surface area contributed by atoms with Crippen molar-refractivity contribution in [3.8, 4) is 11.8 Å². The van der Waals surface area contributed by atoms with Gasteiger partial charge in [-0.15, -0.1) is 0 Å². The molecular weight excluding hydrogens is 993 g/mol. The van der Waals surface area contributed by atoms with Gasteiger partial charge in [0.2, 0.25) is 23.6 Å². The molecule has 408 valence electrons. The molecule has 16 nitrogen and oxygen atoms in total. The summed E-state index contributed by atoms with van der Waals surface area (Å²) in [6.07, 6.45) is 9.10. The second kappa shape index (κ2) is 20.8. The Hall–Kier alpha value is -6.77. The number of carboxylic acid groups (broad SMARTS) is 1. The van der Waals surface area contributed by atoms with Gasteiger partial charge < -0.3 is 45.6 Å². The van der Waals surface area contributed by atoms with Crippen molar-refractivity contribution in [1.82, 2.24) is 16.0 Å². The molecule has 11 rings (SSSR count). The number of benzene rings is 3. The summed E-state index contributed by atoms with van der Waals surface area (Å²) >= 11 is 0. The molecule has 1 saturated heterocycles. The highest BCUT2D eigenvalue weighted by Crippen LogP contribution is 2.70. The molecule has 1 spiro atoms. The summed E-state index contributed by atoms with van der Waals surface area (Å²) in [6, 6.07) is 21.8. The van der Waals surface area contributed by atoms with Crippen molar-refractivity contribution in [2.45, 2.75) is 140 Å². The summed E-state index contributed by atoms with van der Waals surface area (Å²) in [5.41, 5.74) is 3.42. The number of allylic oxidation sites excluding steroid dienone is 4. The number of hydrogen-bond acceptors (Lipinski definition) is 11. The largest absolute Gasteiger partial charge is 0.481 e. The molecule has 8 aliphatic rings. The minimum atomic E-state index is -1.43. The lowest BCUT2D eigenvalue weighted by Gasteiger charge is -2.59. The lowest BCUT2D eigenvalue weighted by molar-refractivity contribution is -0.201. The Morgan fingerprint density at radius 3 is 2.36 bits per heavy atom. The third-order valence-corrected chi connectivity index (χ3v) is 19.2. The number of amides is 4. The number of para-hydroxylation sites is 1. The van der Waals surface area contributed by atoms with Gasteiger partial charge in [-0.3, -0.25) is 33.6 Å². The predicted molar refractivity (Wildman–Crippen MR) is 284 cm³/mol. The maximum absolute atomic E-state index is 14.0. The number of nitrogens with one attached hydrogen (secondary N) is 3. The topological polar surface area (TPSA) is 238 Å². The third kappa shape index (κ3) is 9.60. The highest BCUT2D eigenvalue weighted by Gasteiger charge is 2.76. The Labute approximate surface area is 453 Å². The van der Waals surface area contributed by atoms with Gasteiger partial charge in [-0.2, -0.15) is 0 Å². The van der Waals surface area contributed by atoms with Crippen LogP contribution >= 0.6 is 0 Å². The van der Waals surface area contributed by atoms with Gasteiger partial charge >= 0.3 is 5.97 Å². The molecule has 4 amide bonds. The molecule has 6 fully saturated rings. The van der Waals surface area contributed by atoms with Crippen LogP contribution < -0.4 is 20.9 Å². The molecule has 0 radical (unpaired) electrons. The van der Waals surface area contributed by atoms with Gasteiger partial charge in [-0.25, -0.2) is 0 Å². The fourth-order valence-electron chi connectivity index (χ4n) is 15.6. The van der Waals surface area contributed by atoms with Gasteiger partial charge in [-0.1, -0.05) is 91.9 Å². The van der Waals surface area contributed by atoms with Crippen LogP contribution in [0.1, 0.15) is 125 Å². The number of carbonyl (C=O) groups is 7. The standard InChI is InChI=1S/C62H68N4O12/c1-59-24-23-44(68)26-42(59)17-18-45-46-27-51-62(50(70)35-67,60(46,2)32-49(69)56(45)59)78-58(77-51)40-13-11-36(12-14-40)25-37-28-61(29-37)30-43(31-61)64-57(76)47(19-22-55(74)75)65-53(72)33-63-52(71)20-21-54(73)66-34-41-9-4-3-7-38(41)15-16-39-8-5-6-10-48(39)66/h3-14,23-24,26,37,43,45-47,49,51,56,58,67,69H,17-22,25,27-35H2,1-2H3,(H,63,71)(H,64,76)(H,65,72)(H,74,75)/t37?,43?,45-,46-,47-,49-,51+,56+,58+,59-,60-,61?,62+/m0/s1. The van der Waals surface area contributed by atoms with Crippen molar-refractivity contribution in [3.05, 3.63) is 124 Å². The molecule has 0 bridgehead atoms. The second-order valence-corrected chi connectivity index (χ2v) is 23.9. The molecule has 16 heteroatoms. The van der Waals surface area contributed by atoms with Gasteiger partial charge in [0.1, 0.15) is 12.6 Å². The van der Waals surface area contributed by atoms with Crippen LogP contribution in [0.15, 0.2) is 96.6 Å². The first kappa shape index (κ1) is 53.2. The number of carbonyl (C=O) groups excluding carboxylic acids is 6. The zero-order chi connectivity index (χ0) is 54.7.